The minimum absolute atomic E-state index is 0. The predicted octanol–water partition coefficient (Wildman–Crippen LogP) is 2.78. The minimum atomic E-state index is -4.42. The minimum Gasteiger partial charge on any atom is -0.507 e. The van der Waals surface area contributed by atoms with Crippen LogP contribution < -0.4 is 15.2 Å². The van der Waals surface area contributed by atoms with Gasteiger partial charge in [-0.3, -0.25) is 0 Å². The number of benzene rings is 1. The Morgan fingerprint density at radius 2 is 1.84 bits per heavy atom. The number of methoxy groups -OCH3 is 2. The van der Waals surface area contributed by atoms with Crippen molar-refractivity contribution in [2.45, 2.75) is 18.6 Å². The molecule has 0 aliphatic carbocycles. The molecule has 0 aromatic heterocycles. The molecule has 4 nitrogen and oxygen atoms in total. The Hall–Kier alpha value is -1.34. The van der Waals surface area contributed by atoms with Gasteiger partial charge in [0, 0.05) is 18.2 Å². The number of rotatable bonds is 4. The molecule has 0 unspecified atom stereocenters. The largest absolute Gasteiger partial charge is 0.507 e. The zero-order chi connectivity index (χ0) is 13.9. The topological polar surface area (TPSA) is 64.7 Å². The second-order valence-corrected chi connectivity index (χ2v) is 3.69. The van der Waals surface area contributed by atoms with E-state index >= 15 is 0 Å². The van der Waals surface area contributed by atoms with Gasteiger partial charge in [0.2, 0.25) is 0 Å². The number of halogens is 4. The van der Waals surface area contributed by atoms with Gasteiger partial charge in [-0.25, -0.2) is 0 Å². The highest BCUT2D eigenvalue weighted by Gasteiger charge is 2.33. The van der Waals surface area contributed by atoms with Crippen LogP contribution in [0.4, 0.5) is 13.2 Å². The number of phenols is 1. The summed E-state index contributed by atoms with van der Waals surface area (Å²) in [6, 6.07) is 1.16. The van der Waals surface area contributed by atoms with Crippen LogP contribution in [-0.4, -0.2) is 25.5 Å². The summed E-state index contributed by atoms with van der Waals surface area (Å²) >= 11 is 0. The molecular weight excluding hydrogens is 287 g/mol. The Balaban J connectivity index is 0.00000324. The first kappa shape index (κ1) is 17.7. The maximum atomic E-state index is 12.3. The Morgan fingerprint density at radius 3 is 2.26 bits per heavy atom. The van der Waals surface area contributed by atoms with Gasteiger partial charge in [0.05, 0.1) is 26.2 Å². The fourth-order valence-corrected chi connectivity index (χ4v) is 1.60. The Labute approximate surface area is 114 Å². The number of ether oxygens (including phenoxy) is 2. The van der Waals surface area contributed by atoms with Gasteiger partial charge in [0.15, 0.2) is 0 Å². The van der Waals surface area contributed by atoms with Crippen LogP contribution in [0.15, 0.2) is 12.1 Å². The molecule has 1 aromatic carbocycles. The van der Waals surface area contributed by atoms with Crippen molar-refractivity contribution in [3.8, 4) is 17.2 Å². The standard InChI is InChI=1S/C11H14F3NO3.ClH/c1-17-6-3-8(16)10(9(4-6)18-2)7(15)5-11(12,13)14;/h3-4,7,16H,5,15H2,1-2H3;1H/t7-;/m0./s1. The number of hydrogen-bond acceptors (Lipinski definition) is 4. The van der Waals surface area contributed by atoms with E-state index in [1.807, 2.05) is 0 Å². The zero-order valence-electron chi connectivity index (χ0n) is 10.3. The summed E-state index contributed by atoms with van der Waals surface area (Å²) in [5, 5.41) is 9.69. The van der Waals surface area contributed by atoms with E-state index in [4.69, 9.17) is 15.2 Å². The normalized spacial score (nSPS) is 12.5. The molecule has 8 heteroatoms. The third-order valence-electron chi connectivity index (χ3n) is 2.37. The van der Waals surface area contributed by atoms with Crippen LogP contribution in [0.3, 0.4) is 0 Å². The summed E-state index contributed by atoms with van der Waals surface area (Å²) < 4.78 is 46.6. The summed E-state index contributed by atoms with van der Waals surface area (Å²) in [5.74, 6) is -0.0566. The highest BCUT2D eigenvalue weighted by atomic mass is 35.5. The zero-order valence-corrected chi connectivity index (χ0v) is 11.1. The smallest absolute Gasteiger partial charge is 0.390 e. The predicted molar refractivity (Wildman–Crippen MR) is 66.1 cm³/mol. The summed E-state index contributed by atoms with van der Waals surface area (Å²) in [6.07, 6.45) is -5.67. The third-order valence-corrected chi connectivity index (χ3v) is 2.37. The molecular formula is C11H15ClF3NO3. The van der Waals surface area contributed by atoms with E-state index in [2.05, 4.69) is 0 Å². The summed E-state index contributed by atoms with van der Waals surface area (Å²) in [7, 11) is 2.64. The monoisotopic (exact) mass is 301 g/mol. The van der Waals surface area contributed by atoms with E-state index in [-0.39, 0.29) is 35.2 Å². The quantitative estimate of drug-likeness (QED) is 0.897. The van der Waals surface area contributed by atoms with E-state index in [1.165, 1.54) is 26.4 Å². The van der Waals surface area contributed by atoms with E-state index in [0.717, 1.165) is 0 Å². The van der Waals surface area contributed by atoms with Crippen LogP contribution in [0.1, 0.15) is 18.0 Å². The van der Waals surface area contributed by atoms with Gasteiger partial charge >= 0.3 is 6.18 Å². The van der Waals surface area contributed by atoms with Crippen molar-refractivity contribution >= 4 is 12.4 Å². The molecule has 1 atom stereocenters. The van der Waals surface area contributed by atoms with Crippen molar-refractivity contribution < 1.29 is 27.8 Å². The van der Waals surface area contributed by atoms with Gasteiger partial charge in [-0.2, -0.15) is 13.2 Å². The second-order valence-electron chi connectivity index (χ2n) is 3.69. The molecule has 0 aliphatic heterocycles. The molecule has 3 N–H and O–H groups in total. The fraction of sp³-hybridized carbons (Fsp3) is 0.455. The summed E-state index contributed by atoms with van der Waals surface area (Å²) in [4.78, 5) is 0. The summed E-state index contributed by atoms with van der Waals surface area (Å²) in [6.45, 7) is 0. The number of hydrogen-bond donors (Lipinski definition) is 2. The van der Waals surface area contributed by atoms with Crippen LogP contribution in [0.25, 0.3) is 0 Å². The maximum Gasteiger partial charge on any atom is 0.390 e. The molecule has 0 heterocycles. The lowest BCUT2D eigenvalue weighted by atomic mass is 10.0. The average molecular weight is 302 g/mol. The van der Waals surface area contributed by atoms with E-state index in [0.29, 0.717) is 0 Å². The van der Waals surface area contributed by atoms with Crippen LogP contribution in [0.2, 0.25) is 0 Å². The average Bonchev–Trinajstić information content (AvgIpc) is 2.24. The van der Waals surface area contributed by atoms with Gasteiger partial charge in [0.1, 0.15) is 17.2 Å². The highest BCUT2D eigenvalue weighted by molar-refractivity contribution is 5.85. The molecule has 0 saturated carbocycles. The molecule has 1 rings (SSSR count). The van der Waals surface area contributed by atoms with Crippen molar-refractivity contribution in [3.63, 3.8) is 0 Å². The van der Waals surface area contributed by atoms with Gasteiger partial charge in [-0.15, -0.1) is 12.4 Å². The SMILES string of the molecule is COc1cc(O)c([C@@H](N)CC(F)(F)F)c(OC)c1.Cl. The third kappa shape index (κ3) is 4.68. The van der Waals surface area contributed by atoms with Crippen molar-refractivity contribution in [3.05, 3.63) is 17.7 Å². The fourth-order valence-electron chi connectivity index (χ4n) is 1.60. The molecule has 0 fully saturated rings. The number of nitrogens with two attached hydrogens (primary N) is 1. The van der Waals surface area contributed by atoms with E-state index < -0.39 is 18.6 Å². The molecule has 110 valence electrons. The highest BCUT2D eigenvalue weighted by Crippen LogP contribution is 2.40. The van der Waals surface area contributed by atoms with Crippen LogP contribution in [0.5, 0.6) is 17.2 Å². The molecule has 0 bridgehead atoms. The number of alkyl halides is 3. The van der Waals surface area contributed by atoms with Crippen LogP contribution in [0, 0.1) is 0 Å². The Morgan fingerprint density at radius 1 is 1.26 bits per heavy atom. The lowest BCUT2D eigenvalue weighted by Crippen LogP contribution is -2.21. The van der Waals surface area contributed by atoms with Crippen molar-refractivity contribution in [2.75, 3.05) is 14.2 Å². The molecule has 1 aromatic rings. The van der Waals surface area contributed by atoms with Gasteiger partial charge < -0.3 is 20.3 Å². The van der Waals surface area contributed by atoms with Crippen molar-refractivity contribution in [1.29, 1.82) is 0 Å². The molecule has 0 aliphatic rings. The van der Waals surface area contributed by atoms with Crippen LogP contribution >= 0.6 is 12.4 Å². The number of phenolic OH excluding ortho intramolecular Hbond substituents is 1. The van der Waals surface area contributed by atoms with Crippen molar-refractivity contribution in [1.82, 2.24) is 0 Å². The first-order chi connectivity index (χ1) is 8.28. The molecule has 19 heavy (non-hydrogen) atoms. The van der Waals surface area contributed by atoms with Gasteiger partial charge in [0.25, 0.3) is 0 Å². The Kier molecular flexibility index (Phi) is 6.24. The van der Waals surface area contributed by atoms with Gasteiger partial charge in [-0.05, 0) is 0 Å². The molecule has 0 amide bonds. The molecule has 0 saturated heterocycles. The second kappa shape index (κ2) is 6.72. The first-order valence-electron chi connectivity index (χ1n) is 5.05. The lowest BCUT2D eigenvalue weighted by Gasteiger charge is -2.19. The molecule has 0 radical (unpaired) electrons. The van der Waals surface area contributed by atoms with E-state index in [1.54, 1.807) is 0 Å². The van der Waals surface area contributed by atoms with Gasteiger partial charge in [-0.1, -0.05) is 0 Å². The number of aromatic hydroxyl groups is 1. The Bertz CT molecular complexity index is 426. The van der Waals surface area contributed by atoms with Crippen molar-refractivity contribution in [2.24, 2.45) is 5.73 Å². The maximum absolute atomic E-state index is 12.3. The first-order valence-corrected chi connectivity index (χ1v) is 5.05. The van der Waals surface area contributed by atoms with E-state index in [9.17, 15) is 18.3 Å². The summed E-state index contributed by atoms with van der Waals surface area (Å²) in [5.41, 5.74) is 5.36. The lowest BCUT2D eigenvalue weighted by molar-refractivity contribution is -0.138. The van der Waals surface area contributed by atoms with Crippen LogP contribution in [-0.2, 0) is 0 Å². The molecule has 0 spiro atoms.